The van der Waals surface area contributed by atoms with Crippen molar-refractivity contribution in [1.82, 2.24) is 0 Å². The van der Waals surface area contributed by atoms with E-state index in [0.717, 1.165) is 29.8 Å². The Labute approximate surface area is 202 Å². The average Bonchev–Trinajstić information content (AvgIpc) is 3.08. The molecule has 0 saturated heterocycles. The van der Waals surface area contributed by atoms with Crippen LogP contribution in [0.5, 0.6) is 11.5 Å². The molecule has 3 unspecified atom stereocenters. The first-order chi connectivity index (χ1) is 15.5. The number of benzene rings is 1. The predicted molar refractivity (Wildman–Crippen MR) is 137 cm³/mol. The summed E-state index contributed by atoms with van der Waals surface area (Å²) in [7, 11) is 1.62. The molecule has 0 amide bonds. The number of fused-ring (bicyclic) bond motifs is 5. The van der Waals surface area contributed by atoms with Crippen LogP contribution < -0.4 is 9.16 Å². The van der Waals surface area contributed by atoms with Crippen LogP contribution in [0.4, 0.5) is 0 Å². The highest BCUT2D eigenvalue weighted by atomic mass is 28.4. The number of rotatable bonds is 7. The summed E-state index contributed by atoms with van der Waals surface area (Å²) >= 11 is 0. The van der Waals surface area contributed by atoms with Gasteiger partial charge in [0.15, 0.2) is 5.75 Å². The minimum Gasteiger partial charge on any atom is -0.541 e. The monoisotopic (exact) mass is 474 g/mol. The van der Waals surface area contributed by atoms with Crippen LogP contribution in [0.1, 0.15) is 76.8 Å². The Morgan fingerprint density at radius 3 is 2.42 bits per heavy atom. The van der Waals surface area contributed by atoms with E-state index < -0.39 is 8.32 Å². The molecule has 2 fully saturated rings. The lowest BCUT2D eigenvalue weighted by Crippen LogP contribution is -2.45. The topological polar surface area (TPSA) is 36.9 Å². The van der Waals surface area contributed by atoms with Crippen molar-refractivity contribution in [2.24, 2.45) is 17.3 Å². The molecule has 33 heavy (non-hydrogen) atoms. The maximum atomic E-state index is 6.72. The highest BCUT2D eigenvalue weighted by molar-refractivity contribution is 6.74. The van der Waals surface area contributed by atoms with Gasteiger partial charge in [-0.1, -0.05) is 27.7 Å². The second-order valence-corrected chi connectivity index (χ2v) is 17.2. The Kier molecular flexibility index (Phi) is 6.99. The van der Waals surface area contributed by atoms with Crippen LogP contribution in [-0.4, -0.2) is 41.9 Å². The van der Waals surface area contributed by atoms with E-state index in [9.17, 15) is 0 Å². The fourth-order valence-electron chi connectivity index (χ4n) is 6.74. The van der Waals surface area contributed by atoms with Crippen molar-refractivity contribution in [2.45, 2.75) is 96.4 Å². The van der Waals surface area contributed by atoms with Crippen molar-refractivity contribution in [3.05, 3.63) is 23.3 Å². The van der Waals surface area contributed by atoms with Gasteiger partial charge in [0, 0.05) is 7.11 Å². The second kappa shape index (κ2) is 9.20. The number of hydrogen-bond acceptors (Lipinski definition) is 4. The smallest absolute Gasteiger partial charge is 0.250 e. The summed E-state index contributed by atoms with van der Waals surface area (Å²) in [5, 5.41) is 0.164. The van der Waals surface area contributed by atoms with Crippen molar-refractivity contribution >= 4 is 8.32 Å². The van der Waals surface area contributed by atoms with Crippen LogP contribution in [0, 0.1) is 17.3 Å². The fourth-order valence-corrected chi connectivity index (χ4v) is 7.76. The lowest BCUT2D eigenvalue weighted by molar-refractivity contribution is -0.0739. The van der Waals surface area contributed by atoms with E-state index in [1.165, 1.54) is 43.2 Å². The Bertz CT molecular complexity index is 845. The summed E-state index contributed by atoms with van der Waals surface area (Å²) in [6.45, 7) is 15.4. The van der Waals surface area contributed by atoms with Crippen molar-refractivity contribution in [3.8, 4) is 11.5 Å². The summed E-state index contributed by atoms with van der Waals surface area (Å²) in [6, 6.07) is 4.66. The van der Waals surface area contributed by atoms with Crippen LogP contribution in [0.3, 0.4) is 0 Å². The molecule has 1 aromatic carbocycles. The van der Waals surface area contributed by atoms with Gasteiger partial charge in [0.1, 0.15) is 5.75 Å². The molecule has 0 aromatic heterocycles. The molecule has 0 spiro atoms. The van der Waals surface area contributed by atoms with Crippen LogP contribution in [0.15, 0.2) is 12.1 Å². The van der Waals surface area contributed by atoms with Gasteiger partial charge in [-0.05, 0) is 103 Å². The van der Waals surface area contributed by atoms with Crippen molar-refractivity contribution in [3.63, 3.8) is 0 Å². The molecule has 5 atom stereocenters. The molecule has 0 heterocycles. The third kappa shape index (κ3) is 4.50. The van der Waals surface area contributed by atoms with E-state index in [-0.39, 0.29) is 5.04 Å². The van der Waals surface area contributed by atoms with Gasteiger partial charge in [0.2, 0.25) is 0 Å². The van der Waals surface area contributed by atoms with Gasteiger partial charge in [-0.15, -0.1) is 0 Å². The minimum absolute atomic E-state index is 0.164. The molecule has 0 radical (unpaired) electrons. The Morgan fingerprint density at radius 2 is 1.76 bits per heavy atom. The first-order valence-electron chi connectivity index (χ1n) is 13.0. The van der Waals surface area contributed by atoms with Gasteiger partial charge >= 0.3 is 0 Å². The van der Waals surface area contributed by atoms with Crippen LogP contribution >= 0.6 is 0 Å². The van der Waals surface area contributed by atoms with Crippen molar-refractivity contribution in [1.29, 1.82) is 0 Å². The van der Waals surface area contributed by atoms with E-state index in [1.807, 2.05) is 0 Å². The van der Waals surface area contributed by atoms with Crippen molar-refractivity contribution < 1.29 is 18.6 Å². The normalized spacial score (nSPS) is 31.5. The lowest BCUT2D eigenvalue weighted by atomic mass is 9.55. The number of aryl methyl sites for hydroxylation is 1. The lowest BCUT2D eigenvalue weighted by Gasteiger charge is -2.50. The molecule has 4 rings (SSSR count). The summed E-state index contributed by atoms with van der Waals surface area (Å²) in [5.41, 5.74) is 3.32. The molecule has 2 saturated carbocycles. The third-order valence-electron chi connectivity index (χ3n) is 9.70. The molecule has 1 aromatic rings. The van der Waals surface area contributed by atoms with Gasteiger partial charge in [-0.2, -0.15) is 0 Å². The van der Waals surface area contributed by atoms with Crippen LogP contribution in [0.25, 0.3) is 0 Å². The largest absolute Gasteiger partial charge is 0.541 e. The molecule has 186 valence electrons. The Balaban J connectivity index is 1.58. The standard InChI is InChI=1S/C28H46O4Si/c1-27(2,3)33(7,8)32-25-17-19-9-10-21-20(22(19)18-24(25)30-6)13-14-28(4)23(21)11-12-26(28)31-16-15-29-5/h17-18,20-21,23,26H,9-16H2,1-8H3/t20?,21?,23?,26-,28-/m0/s1. The highest BCUT2D eigenvalue weighted by Crippen LogP contribution is 2.62. The molecular weight excluding hydrogens is 428 g/mol. The predicted octanol–water partition coefficient (Wildman–Crippen LogP) is 6.97. The Hall–Kier alpha value is -1.04. The quantitative estimate of drug-likeness (QED) is 0.316. The van der Waals surface area contributed by atoms with E-state index in [4.69, 9.17) is 18.6 Å². The Morgan fingerprint density at radius 1 is 1.00 bits per heavy atom. The molecule has 3 aliphatic rings. The van der Waals surface area contributed by atoms with Crippen LogP contribution in [0.2, 0.25) is 18.1 Å². The van der Waals surface area contributed by atoms with Gasteiger partial charge in [0.25, 0.3) is 8.32 Å². The van der Waals surface area contributed by atoms with Crippen LogP contribution in [-0.2, 0) is 15.9 Å². The van der Waals surface area contributed by atoms with Gasteiger partial charge in [-0.25, -0.2) is 0 Å². The minimum atomic E-state index is -1.93. The number of methoxy groups -OCH3 is 2. The van der Waals surface area contributed by atoms with Crippen molar-refractivity contribution in [2.75, 3.05) is 27.4 Å². The first-order valence-corrected chi connectivity index (χ1v) is 15.9. The first kappa shape index (κ1) is 25.1. The highest BCUT2D eigenvalue weighted by Gasteiger charge is 2.55. The summed E-state index contributed by atoms with van der Waals surface area (Å²) in [5.74, 6) is 4.02. The van der Waals surface area contributed by atoms with E-state index in [2.05, 4.69) is 52.9 Å². The molecule has 0 bridgehead atoms. The fraction of sp³-hybridized carbons (Fsp3) is 0.786. The maximum Gasteiger partial charge on any atom is 0.250 e. The molecule has 4 nitrogen and oxygen atoms in total. The maximum absolute atomic E-state index is 6.72. The average molecular weight is 475 g/mol. The number of ether oxygens (including phenoxy) is 3. The van der Waals surface area contributed by atoms with Gasteiger partial charge in [0.05, 0.1) is 26.4 Å². The molecule has 3 aliphatic carbocycles. The van der Waals surface area contributed by atoms with Gasteiger partial charge in [-0.3, -0.25) is 0 Å². The summed E-state index contributed by atoms with van der Waals surface area (Å²) in [6.07, 6.45) is 7.82. The molecule has 0 N–H and O–H groups in total. The molecule has 5 heteroatoms. The van der Waals surface area contributed by atoms with E-state index in [1.54, 1.807) is 14.2 Å². The van der Waals surface area contributed by atoms with E-state index >= 15 is 0 Å². The summed E-state index contributed by atoms with van der Waals surface area (Å²) in [4.78, 5) is 0. The molecular formula is C28H46O4Si. The third-order valence-corrected chi connectivity index (χ3v) is 14.0. The SMILES string of the molecule is COCCO[C@H]1CCC2C3CCc4cc(O[Si](C)(C)C(C)(C)C)c(OC)cc4C3CC[C@@]21C. The zero-order valence-electron chi connectivity index (χ0n) is 22.3. The van der Waals surface area contributed by atoms with Gasteiger partial charge < -0.3 is 18.6 Å². The van der Waals surface area contributed by atoms with E-state index in [0.29, 0.717) is 30.7 Å². The zero-order valence-corrected chi connectivity index (χ0v) is 23.3. The molecule has 0 aliphatic heterocycles. The number of hydrogen-bond donors (Lipinski definition) is 0. The second-order valence-electron chi connectivity index (χ2n) is 12.5. The zero-order chi connectivity index (χ0) is 24.0. The summed E-state index contributed by atoms with van der Waals surface area (Å²) < 4.78 is 24.2.